The molecule has 0 aliphatic carbocycles. The zero-order chi connectivity index (χ0) is 19.5. The lowest BCUT2D eigenvalue weighted by Crippen LogP contribution is -2.09. The molecule has 0 fully saturated rings. The molecule has 4 aromatic rings. The lowest BCUT2D eigenvalue weighted by atomic mass is 10.0. The highest BCUT2D eigenvalue weighted by Gasteiger charge is 2.24. The second-order valence-electron chi connectivity index (χ2n) is 6.71. The van der Waals surface area contributed by atoms with E-state index in [0.717, 1.165) is 39.0 Å². The molecule has 0 saturated carbocycles. The third-order valence-corrected chi connectivity index (χ3v) is 6.29. The number of para-hydroxylation sites is 1. The first kappa shape index (κ1) is 18.5. The molecule has 0 aliphatic heterocycles. The van der Waals surface area contributed by atoms with Crippen LogP contribution < -0.4 is 0 Å². The fourth-order valence-corrected chi connectivity index (χ4v) is 4.81. The molecule has 0 spiro atoms. The Kier molecular flexibility index (Phi) is 5.31. The van der Waals surface area contributed by atoms with Gasteiger partial charge in [-0.1, -0.05) is 67.2 Å². The van der Waals surface area contributed by atoms with Gasteiger partial charge < -0.3 is 4.57 Å². The summed E-state index contributed by atoms with van der Waals surface area (Å²) in [4.78, 5) is 18.7. The summed E-state index contributed by atoms with van der Waals surface area (Å²) >= 11 is 1.78. The van der Waals surface area contributed by atoms with Gasteiger partial charge in [0.1, 0.15) is 0 Å². The Bertz CT molecular complexity index is 1100. The van der Waals surface area contributed by atoms with Crippen molar-refractivity contribution in [3.63, 3.8) is 0 Å². The Balaban J connectivity index is 1.85. The van der Waals surface area contributed by atoms with E-state index in [4.69, 9.17) is 0 Å². The van der Waals surface area contributed by atoms with E-state index in [1.807, 2.05) is 54.7 Å². The Morgan fingerprint density at radius 1 is 1.04 bits per heavy atom. The van der Waals surface area contributed by atoms with Gasteiger partial charge in [-0.05, 0) is 31.5 Å². The van der Waals surface area contributed by atoms with E-state index in [2.05, 4.69) is 41.6 Å². The molecule has 0 amide bonds. The quantitative estimate of drug-likeness (QED) is 0.289. The summed E-state index contributed by atoms with van der Waals surface area (Å²) in [7, 11) is 0. The SMILES string of the molecule is CCC(Sc1cccnc1)n1c(C)c(C(=O)c2ccccc2)c2ccccc21. The van der Waals surface area contributed by atoms with Crippen molar-refractivity contribution in [2.45, 2.75) is 30.5 Å². The summed E-state index contributed by atoms with van der Waals surface area (Å²) in [6, 6.07) is 21.8. The molecule has 4 rings (SSSR count). The monoisotopic (exact) mass is 386 g/mol. The fraction of sp³-hybridized carbons (Fsp3) is 0.167. The largest absolute Gasteiger partial charge is 0.331 e. The van der Waals surface area contributed by atoms with Crippen LogP contribution in [-0.4, -0.2) is 15.3 Å². The zero-order valence-electron chi connectivity index (χ0n) is 16.0. The second kappa shape index (κ2) is 8.03. The number of carbonyl (C=O) groups excluding carboxylic acids is 1. The summed E-state index contributed by atoms with van der Waals surface area (Å²) < 4.78 is 2.31. The molecule has 0 bridgehead atoms. The van der Waals surface area contributed by atoms with E-state index >= 15 is 0 Å². The van der Waals surface area contributed by atoms with Crippen molar-refractivity contribution in [3.8, 4) is 0 Å². The number of carbonyl (C=O) groups is 1. The molecular formula is C24H22N2OS. The highest BCUT2D eigenvalue weighted by Crippen LogP contribution is 2.39. The Labute approximate surface area is 169 Å². The standard InChI is InChI=1S/C24H22N2OS/c1-3-22(28-19-12-9-15-25-16-19)26-17(2)23(20-13-7-8-14-21(20)26)24(27)18-10-5-4-6-11-18/h4-16,22H,3H2,1-2H3. The molecule has 4 heteroatoms. The fourth-order valence-electron chi connectivity index (χ4n) is 3.68. The maximum absolute atomic E-state index is 13.3. The summed E-state index contributed by atoms with van der Waals surface area (Å²) in [5.74, 6) is 0.0780. The van der Waals surface area contributed by atoms with Gasteiger partial charge in [-0.15, -0.1) is 0 Å². The number of benzene rings is 2. The van der Waals surface area contributed by atoms with Crippen LogP contribution in [0.4, 0.5) is 0 Å². The summed E-state index contributed by atoms with van der Waals surface area (Å²) in [6.07, 6.45) is 4.63. The van der Waals surface area contributed by atoms with Gasteiger partial charge in [-0.2, -0.15) is 0 Å². The summed E-state index contributed by atoms with van der Waals surface area (Å²) in [5, 5.41) is 1.20. The van der Waals surface area contributed by atoms with Crippen LogP contribution in [0.25, 0.3) is 10.9 Å². The number of rotatable bonds is 6. The van der Waals surface area contributed by atoms with E-state index in [9.17, 15) is 4.79 Å². The second-order valence-corrected chi connectivity index (χ2v) is 7.96. The van der Waals surface area contributed by atoms with Crippen molar-refractivity contribution in [1.29, 1.82) is 0 Å². The van der Waals surface area contributed by atoms with Gasteiger partial charge >= 0.3 is 0 Å². The lowest BCUT2D eigenvalue weighted by molar-refractivity contribution is 0.103. The maximum atomic E-state index is 13.3. The molecule has 2 heterocycles. The van der Waals surface area contributed by atoms with Crippen molar-refractivity contribution in [2.24, 2.45) is 0 Å². The lowest BCUT2D eigenvalue weighted by Gasteiger charge is -2.20. The molecule has 2 aromatic heterocycles. The predicted molar refractivity (Wildman–Crippen MR) is 116 cm³/mol. The van der Waals surface area contributed by atoms with Gasteiger partial charge in [-0.25, -0.2) is 0 Å². The average Bonchev–Trinajstić information content (AvgIpc) is 3.04. The summed E-state index contributed by atoms with van der Waals surface area (Å²) in [6.45, 7) is 4.24. The van der Waals surface area contributed by atoms with Crippen molar-refractivity contribution < 1.29 is 4.79 Å². The number of nitrogens with zero attached hydrogens (tertiary/aromatic N) is 2. The van der Waals surface area contributed by atoms with Crippen LogP contribution in [0.5, 0.6) is 0 Å². The van der Waals surface area contributed by atoms with E-state index < -0.39 is 0 Å². The van der Waals surface area contributed by atoms with E-state index in [1.165, 1.54) is 0 Å². The smallest absolute Gasteiger partial charge is 0.195 e. The van der Waals surface area contributed by atoms with Gasteiger partial charge in [-0.3, -0.25) is 9.78 Å². The molecule has 3 nitrogen and oxygen atoms in total. The van der Waals surface area contributed by atoms with Crippen molar-refractivity contribution >= 4 is 28.4 Å². The number of ketones is 1. The van der Waals surface area contributed by atoms with E-state index in [0.29, 0.717) is 0 Å². The van der Waals surface area contributed by atoms with Crippen LogP contribution in [0.15, 0.2) is 84.0 Å². The molecule has 0 aliphatic rings. The molecule has 1 unspecified atom stereocenters. The Hall–Kier alpha value is -2.85. The first-order valence-corrected chi connectivity index (χ1v) is 10.3. The molecule has 140 valence electrons. The van der Waals surface area contributed by atoms with Crippen molar-refractivity contribution in [2.75, 3.05) is 0 Å². The number of hydrogen-bond acceptors (Lipinski definition) is 3. The first-order chi connectivity index (χ1) is 13.7. The normalized spacial score (nSPS) is 12.2. The molecule has 0 radical (unpaired) electrons. The minimum absolute atomic E-state index is 0.0780. The van der Waals surface area contributed by atoms with Crippen molar-refractivity contribution in [1.82, 2.24) is 9.55 Å². The van der Waals surface area contributed by atoms with Crippen LogP contribution in [0.1, 0.15) is 40.3 Å². The topological polar surface area (TPSA) is 34.9 Å². The highest BCUT2D eigenvalue weighted by molar-refractivity contribution is 7.99. The molecule has 2 aromatic carbocycles. The van der Waals surface area contributed by atoms with E-state index in [-0.39, 0.29) is 11.2 Å². The van der Waals surface area contributed by atoms with E-state index in [1.54, 1.807) is 18.0 Å². The van der Waals surface area contributed by atoms with Crippen LogP contribution in [-0.2, 0) is 0 Å². The first-order valence-electron chi connectivity index (χ1n) is 9.46. The van der Waals surface area contributed by atoms with Gasteiger partial charge in [0.05, 0.1) is 10.9 Å². The molecule has 0 N–H and O–H groups in total. The maximum Gasteiger partial charge on any atom is 0.195 e. The zero-order valence-corrected chi connectivity index (χ0v) is 16.8. The van der Waals surface area contributed by atoms with Crippen LogP contribution >= 0.6 is 11.8 Å². The van der Waals surface area contributed by atoms with Crippen LogP contribution in [0, 0.1) is 6.92 Å². The number of hydrogen-bond donors (Lipinski definition) is 0. The van der Waals surface area contributed by atoms with Crippen molar-refractivity contribution in [3.05, 3.63) is 95.9 Å². The average molecular weight is 387 g/mol. The number of thioether (sulfide) groups is 1. The van der Waals surface area contributed by atoms with Crippen LogP contribution in [0.2, 0.25) is 0 Å². The third-order valence-electron chi connectivity index (χ3n) is 4.96. The number of pyridine rings is 1. The summed E-state index contributed by atoms with van der Waals surface area (Å²) in [5.41, 5.74) is 3.63. The van der Waals surface area contributed by atoms with Gasteiger partial charge in [0, 0.05) is 39.4 Å². The molecule has 0 saturated heterocycles. The Morgan fingerprint density at radius 3 is 2.50 bits per heavy atom. The minimum atomic E-state index is 0.0780. The molecule has 1 atom stereocenters. The number of aromatic nitrogens is 2. The van der Waals surface area contributed by atoms with Gasteiger partial charge in [0.25, 0.3) is 0 Å². The molecule has 28 heavy (non-hydrogen) atoms. The Morgan fingerprint density at radius 2 is 1.79 bits per heavy atom. The predicted octanol–water partition coefficient (Wildman–Crippen LogP) is 6.28. The highest BCUT2D eigenvalue weighted by atomic mass is 32.2. The molecular weight excluding hydrogens is 364 g/mol. The number of fused-ring (bicyclic) bond motifs is 1. The third kappa shape index (κ3) is 3.36. The minimum Gasteiger partial charge on any atom is -0.331 e. The van der Waals surface area contributed by atoms with Crippen LogP contribution in [0.3, 0.4) is 0 Å². The van der Waals surface area contributed by atoms with Gasteiger partial charge in [0.2, 0.25) is 0 Å². The van der Waals surface area contributed by atoms with Gasteiger partial charge in [0.15, 0.2) is 5.78 Å².